The third kappa shape index (κ3) is 2.30. The summed E-state index contributed by atoms with van der Waals surface area (Å²) < 4.78 is 11.7. The van der Waals surface area contributed by atoms with Crippen LogP contribution < -0.4 is 15.3 Å². The van der Waals surface area contributed by atoms with Crippen molar-refractivity contribution in [3.05, 3.63) is 63.8 Å². The molecule has 126 valence electrons. The summed E-state index contributed by atoms with van der Waals surface area (Å²) in [6.07, 6.45) is 7.53. The molecule has 25 heavy (non-hydrogen) atoms. The molecule has 1 aliphatic carbocycles. The van der Waals surface area contributed by atoms with Gasteiger partial charge in [0.1, 0.15) is 11.3 Å². The van der Waals surface area contributed by atoms with Crippen LogP contribution in [0.4, 0.5) is 5.69 Å². The van der Waals surface area contributed by atoms with E-state index in [2.05, 4.69) is 9.88 Å². The molecule has 1 aromatic carbocycles. The molecule has 0 saturated heterocycles. The Bertz CT molecular complexity index is 1010. The van der Waals surface area contributed by atoms with E-state index < -0.39 is 0 Å². The van der Waals surface area contributed by atoms with E-state index >= 15 is 0 Å². The first-order chi connectivity index (χ1) is 12.3. The number of rotatable bonds is 1. The minimum absolute atomic E-state index is 0.186. The van der Waals surface area contributed by atoms with Crippen molar-refractivity contribution >= 4 is 16.7 Å². The number of pyridine rings is 1. The second-order valence-corrected chi connectivity index (χ2v) is 6.66. The molecule has 0 N–H and O–H groups in total. The van der Waals surface area contributed by atoms with Crippen LogP contribution in [0.5, 0.6) is 5.75 Å². The Kier molecular flexibility index (Phi) is 3.26. The van der Waals surface area contributed by atoms with Gasteiger partial charge in [0.15, 0.2) is 6.73 Å². The summed E-state index contributed by atoms with van der Waals surface area (Å²) in [5.74, 6) is 0.798. The molecule has 0 radical (unpaired) electrons. The standard InChI is InChI=1S/C20H18N2O3/c23-20-16-6-2-1-5-14(16)15-7-8-18-17(19(15)25-20)11-22(12-24-18)13-4-3-9-21-10-13/h3-4,7-10H,1-2,5-6,11-12H2. The highest BCUT2D eigenvalue weighted by Crippen LogP contribution is 2.36. The molecule has 0 amide bonds. The lowest BCUT2D eigenvalue weighted by molar-refractivity contribution is 0.289. The first-order valence-corrected chi connectivity index (χ1v) is 8.69. The highest BCUT2D eigenvalue weighted by molar-refractivity contribution is 5.86. The number of anilines is 1. The molecule has 5 nitrogen and oxygen atoms in total. The van der Waals surface area contributed by atoms with E-state index in [0.717, 1.165) is 53.6 Å². The van der Waals surface area contributed by atoms with Crippen molar-refractivity contribution in [2.45, 2.75) is 32.2 Å². The van der Waals surface area contributed by atoms with Gasteiger partial charge < -0.3 is 14.1 Å². The maximum atomic E-state index is 12.5. The van der Waals surface area contributed by atoms with Crippen molar-refractivity contribution in [2.75, 3.05) is 11.6 Å². The van der Waals surface area contributed by atoms with Crippen molar-refractivity contribution < 1.29 is 9.15 Å². The summed E-state index contributed by atoms with van der Waals surface area (Å²) in [5.41, 5.74) is 4.45. The molecule has 0 atom stereocenters. The fourth-order valence-corrected chi connectivity index (χ4v) is 3.92. The number of hydrogen-bond donors (Lipinski definition) is 0. The lowest BCUT2D eigenvalue weighted by Crippen LogP contribution is -2.32. The number of nitrogens with zero attached hydrogens (tertiary/aromatic N) is 2. The molecule has 0 bridgehead atoms. The fraction of sp³-hybridized carbons (Fsp3) is 0.300. The van der Waals surface area contributed by atoms with Crippen molar-refractivity contribution in [1.29, 1.82) is 0 Å². The molecule has 1 aliphatic heterocycles. The third-order valence-corrected chi connectivity index (χ3v) is 5.19. The monoisotopic (exact) mass is 334 g/mol. The smallest absolute Gasteiger partial charge is 0.339 e. The number of benzene rings is 1. The largest absolute Gasteiger partial charge is 0.473 e. The Morgan fingerprint density at radius 1 is 1.04 bits per heavy atom. The van der Waals surface area contributed by atoms with Crippen LogP contribution in [0.25, 0.3) is 11.0 Å². The maximum Gasteiger partial charge on any atom is 0.339 e. The Balaban J connectivity index is 1.67. The number of aromatic nitrogens is 1. The van der Waals surface area contributed by atoms with Crippen LogP contribution in [0, 0.1) is 0 Å². The van der Waals surface area contributed by atoms with Crippen molar-refractivity contribution in [1.82, 2.24) is 4.98 Å². The Morgan fingerprint density at radius 3 is 2.76 bits per heavy atom. The van der Waals surface area contributed by atoms with Gasteiger partial charge in [-0.15, -0.1) is 0 Å². The zero-order valence-electron chi connectivity index (χ0n) is 13.8. The van der Waals surface area contributed by atoms with Crippen LogP contribution >= 0.6 is 0 Å². The molecule has 2 aromatic heterocycles. The predicted molar refractivity (Wildman–Crippen MR) is 95.0 cm³/mol. The molecule has 2 aliphatic rings. The van der Waals surface area contributed by atoms with Gasteiger partial charge in [0.2, 0.25) is 0 Å². The molecule has 5 rings (SSSR count). The first-order valence-electron chi connectivity index (χ1n) is 8.69. The SMILES string of the molecule is O=c1oc2c3c(ccc2c2c1CCCC2)OCN(c1cccnc1)C3. The van der Waals surface area contributed by atoms with E-state index in [0.29, 0.717) is 18.9 Å². The van der Waals surface area contributed by atoms with E-state index in [-0.39, 0.29) is 5.63 Å². The number of ether oxygens (including phenoxy) is 1. The molecule has 5 heteroatoms. The van der Waals surface area contributed by atoms with Crippen molar-refractivity contribution in [3.63, 3.8) is 0 Å². The zero-order chi connectivity index (χ0) is 16.8. The van der Waals surface area contributed by atoms with Gasteiger partial charge in [0.05, 0.1) is 24.0 Å². The third-order valence-electron chi connectivity index (χ3n) is 5.19. The van der Waals surface area contributed by atoms with E-state index in [9.17, 15) is 4.79 Å². The number of aryl methyl sites for hydroxylation is 1. The van der Waals surface area contributed by atoms with Crippen LogP contribution in [0.3, 0.4) is 0 Å². The molecule has 0 fully saturated rings. The summed E-state index contributed by atoms with van der Waals surface area (Å²) in [6, 6.07) is 7.96. The van der Waals surface area contributed by atoms with Gasteiger partial charge >= 0.3 is 5.63 Å². The van der Waals surface area contributed by atoms with E-state index in [1.807, 2.05) is 30.5 Å². The summed E-state index contributed by atoms with van der Waals surface area (Å²) in [4.78, 5) is 18.8. The van der Waals surface area contributed by atoms with Gasteiger partial charge in [-0.05, 0) is 55.5 Å². The van der Waals surface area contributed by atoms with E-state index in [1.165, 1.54) is 5.56 Å². The molecule has 0 unspecified atom stereocenters. The van der Waals surface area contributed by atoms with E-state index in [1.54, 1.807) is 6.20 Å². The van der Waals surface area contributed by atoms with Crippen LogP contribution in [0.15, 0.2) is 45.9 Å². The maximum absolute atomic E-state index is 12.5. The quantitative estimate of drug-likeness (QED) is 0.638. The average Bonchev–Trinajstić information content (AvgIpc) is 2.68. The Labute approximate surface area is 144 Å². The highest BCUT2D eigenvalue weighted by atomic mass is 16.5. The van der Waals surface area contributed by atoms with Crippen LogP contribution in [0.1, 0.15) is 29.5 Å². The molecule has 3 aromatic rings. The predicted octanol–water partition coefficient (Wildman–Crippen LogP) is 3.42. The van der Waals surface area contributed by atoms with Crippen molar-refractivity contribution in [3.8, 4) is 5.75 Å². The summed E-state index contributed by atoms with van der Waals surface area (Å²) in [5, 5.41) is 1.06. The fourth-order valence-electron chi connectivity index (χ4n) is 3.92. The number of hydrogen-bond acceptors (Lipinski definition) is 5. The molecule has 3 heterocycles. The normalized spacial score (nSPS) is 16.2. The summed E-state index contributed by atoms with van der Waals surface area (Å²) >= 11 is 0. The second kappa shape index (κ2) is 5.62. The molecular weight excluding hydrogens is 316 g/mol. The number of fused-ring (bicyclic) bond motifs is 5. The lowest BCUT2D eigenvalue weighted by atomic mass is 9.90. The minimum Gasteiger partial charge on any atom is -0.473 e. The van der Waals surface area contributed by atoms with Gasteiger partial charge in [-0.2, -0.15) is 0 Å². The lowest BCUT2D eigenvalue weighted by Gasteiger charge is -2.31. The Morgan fingerprint density at radius 2 is 1.92 bits per heavy atom. The van der Waals surface area contributed by atoms with Gasteiger partial charge in [-0.3, -0.25) is 4.98 Å². The van der Waals surface area contributed by atoms with Gasteiger partial charge in [-0.25, -0.2) is 4.79 Å². The topological polar surface area (TPSA) is 55.6 Å². The second-order valence-electron chi connectivity index (χ2n) is 6.66. The van der Waals surface area contributed by atoms with E-state index in [4.69, 9.17) is 9.15 Å². The van der Waals surface area contributed by atoms with Gasteiger partial charge in [0, 0.05) is 17.1 Å². The minimum atomic E-state index is -0.186. The molecule has 0 saturated carbocycles. The van der Waals surface area contributed by atoms with Crippen LogP contribution in [-0.2, 0) is 19.4 Å². The highest BCUT2D eigenvalue weighted by Gasteiger charge is 2.25. The van der Waals surface area contributed by atoms with Crippen molar-refractivity contribution in [2.24, 2.45) is 0 Å². The van der Waals surface area contributed by atoms with Crippen LogP contribution in [-0.4, -0.2) is 11.7 Å². The molecular formula is C20H18N2O3. The average molecular weight is 334 g/mol. The first kappa shape index (κ1) is 14.5. The van der Waals surface area contributed by atoms with Crippen LogP contribution in [0.2, 0.25) is 0 Å². The summed E-state index contributed by atoms with van der Waals surface area (Å²) in [6.45, 7) is 1.10. The molecule has 0 spiro atoms. The Hall–Kier alpha value is -2.82. The summed E-state index contributed by atoms with van der Waals surface area (Å²) in [7, 11) is 0. The van der Waals surface area contributed by atoms with Gasteiger partial charge in [0.25, 0.3) is 0 Å². The zero-order valence-corrected chi connectivity index (χ0v) is 13.8. The van der Waals surface area contributed by atoms with Gasteiger partial charge in [-0.1, -0.05) is 0 Å².